The SMILES string of the molecule is O=C(CCc1ccc(-c2cnc3ncc(C4(c5ccc6ncccc6c5)CC4)n3c2)cc1)N1CCCC1. The molecule has 2 aliphatic rings. The van der Waals surface area contributed by atoms with Crippen LogP contribution in [0.4, 0.5) is 0 Å². The average Bonchev–Trinajstić information content (AvgIpc) is 3.35. The fraction of sp³-hybridized carbons (Fsp3) is 0.290. The van der Waals surface area contributed by atoms with Gasteiger partial charge in [0.05, 0.1) is 17.4 Å². The predicted molar refractivity (Wildman–Crippen MR) is 144 cm³/mol. The molecule has 2 aromatic carbocycles. The largest absolute Gasteiger partial charge is 0.343 e. The van der Waals surface area contributed by atoms with Crippen LogP contribution in [0, 0.1) is 0 Å². The highest BCUT2D eigenvalue weighted by Gasteiger charge is 2.48. The maximum atomic E-state index is 12.4. The van der Waals surface area contributed by atoms with Crippen molar-refractivity contribution in [3.05, 3.63) is 96.2 Å². The number of nitrogens with zero attached hydrogens (tertiary/aromatic N) is 5. The Labute approximate surface area is 216 Å². The Kier molecular flexibility index (Phi) is 5.27. The first kappa shape index (κ1) is 22.2. The van der Waals surface area contributed by atoms with Crippen LogP contribution >= 0.6 is 0 Å². The molecule has 0 atom stereocenters. The van der Waals surface area contributed by atoms with Crippen molar-refractivity contribution in [1.29, 1.82) is 0 Å². The molecule has 1 amide bonds. The van der Waals surface area contributed by atoms with Gasteiger partial charge in [0.1, 0.15) is 0 Å². The molecule has 2 fully saturated rings. The minimum absolute atomic E-state index is 0.0323. The minimum Gasteiger partial charge on any atom is -0.343 e. The van der Waals surface area contributed by atoms with Crippen molar-refractivity contribution in [2.24, 2.45) is 0 Å². The van der Waals surface area contributed by atoms with Gasteiger partial charge in [0.25, 0.3) is 0 Å². The van der Waals surface area contributed by atoms with Crippen molar-refractivity contribution >= 4 is 22.6 Å². The van der Waals surface area contributed by atoms with Gasteiger partial charge in [0, 0.05) is 54.5 Å². The second kappa shape index (κ2) is 8.80. The third-order valence-corrected chi connectivity index (χ3v) is 8.13. The molecule has 4 heterocycles. The molecule has 184 valence electrons. The number of aryl methyl sites for hydroxylation is 1. The third-order valence-electron chi connectivity index (χ3n) is 8.13. The molecule has 0 unspecified atom stereocenters. The second-order valence-corrected chi connectivity index (χ2v) is 10.4. The summed E-state index contributed by atoms with van der Waals surface area (Å²) in [5.41, 5.74) is 6.86. The summed E-state index contributed by atoms with van der Waals surface area (Å²) < 4.78 is 2.17. The van der Waals surface area contributed by atoms with Gasteiger partial charge in [0.2, 0.25) is 11.7 Å². The van der Waals surface area contributed by atoms with Gasteiger partial charge in [0.15, 0.2) is 0 Å². The van der Waals surface area contributed by atoms with Crippen LogP contribution in [-0.4, -0.2) is 43.2 Å². The first-order valence-corrected chi connectivity index (χ1v) is 13.3. The van der Waals surface area contributed by atoms with Crippen molar-refractivity contribution in [1.82, 2.24) is 24.3 Å². The van der Waals surface area contributed by atoms with E-state index in [1.54, 1.807) is 0 Å². The smallest absolute Gasteiger partial charge is 0.233 e. The standard InChI is InChI=1S/C31H29N5O/c37-29(35-16-1-2-17-35)12-7-22-5-8-23(9-6-22)25-19-33-30-34-20-28(36(30)21-25)31(13-14-31)26-10-11-27-24(18-26)4-3-15-32-27/h3-6,8-11,15,18-21H,1-2,7,12-14,16-17H2. The van der Waals surface area contributed by atoms with Crippen LogP contribution in [-0.2, 0) is 16.6 Å². The van der Waals surface area contributed by atoms with E-state index < -0.39 is 0 Å². The molecule has 1 saturated heterocycles. The fourth-order valence-corrected chi connectivity index (χ4v) is 5.81. The Hall–Kier alpha value is -4.06. The topological polar surface area (TPSA) is 63.4 Å². The van der Waals surface area contributed by atoms with Crippen molar-refractivity contribution in [2.75, 3.05) is 13.1 Å². The third kappa shape index (κ3) is 3.97. The Bertz CT molecular complexity index is 1610. The number of benzene rings is 2. The molecule has 6 heteroatoms. The summed E-state index contributed by atoms with van der Waals surface area (Å²) in [6.07, 6.45) is 13.7. The van der Waals surface area contributed by atoms with Crippen LogP contribution in [0.5, 0.6) is 0 Å². The van der Waals surface area contributed by atoms with E-state index in [0.29, 0.717) is 6.42 Å². The van der Waals surface area contributed by atoms with Gasteiger partial charge in [-0.3, -0.25) is 14.2 Å². The lowest BCUT2D eigenvalue weighted by molar-refractivity contribution is -0.130. The van der Waals surface area contributed by atoms with Crippen molar-refractivity contribution in [3.63, 3.8) is 0 Å². The summed E-state index contributed by atoms with van der Waals surface area (Å²) in [5, 5.41) is 1.17. The average molecular weight is 488 g/mol. The van der Waals surface area contributed by atoms with Crippen LogP contribution < -0.4 is 0 Å². The molecular weight excluding hydrogens is 458 g/mol. The lowest BCUT2D eigenvalue weighted by atomic mass is 9.91. The lowest BCUT2D eigenvalue weighted by Crippen LogP contribution is -2.27. The normalized spacial score (nSPS) is 16.5. The summed E-state index contributed by atoms with van der Waals surface area (Å²) in [4.78, 5) is 28.2. The molecule has 0 spiro atoms. The van der Waals surface area contributed by atoms with E-state index >= 15 is 0 Å². The number of carbonyl (C=O) groups excluding carboxylic acids is 1. The van der Waals surface area contributed by atoms with E-state index in [0.717, 1.165) is 67.6 Å². The Balaban J connectivity index is 1.15. The van der Waals surface area contributed by atoms with Crippen LogP contribution in [0.25, 0.3) is 27.8 Å². The van der Waals surface area contributed by atoms with Gasteiger partial charge < -0.3 is 4.90 Å². The van der Waals surface area contributed by atoms with Crippen LogP contribution in [0.15, 0.2) is 79.4 Å². The Morgan fingerprint density at radius 3 is 2.51 bits per heavy atom. The number of fused-ring (bicyclic) bond motifs is 2. The molecule has 0 radical (unpaired) electrons. The molecule has 1 aliphatic heterocycles. The zero-order valence-corrected chi connectivity index (χ0v) is 20.8. The van der Waals surface area contributed by atoms with Crippen LogP contribution in [0.2, 0.25) is 0 Å². The molecular formula is C31H29N5O. The van der Waals surface area contributed by atoms with E-state index in [1.165, 1.54) is 22.2 Å². The predicted octanol–water partition coefficient (Wildman–Crippen LogP) is 5.58. The summed E-state index contributed by atoms with van der Waals surface area (Å²) in [7, 11) is 0. The van der Waals surface area contributed by atoms with E-state index in [4.69, 9.17) is 0 Å². The fourth-order valence-electron chi connectivity index (χ4n) is 5.81. The number of imidazole rings is 1. The molecule has 1 saturated carbocycles. The van der Waals surface area contributed by atoms with Crippen LogP contribution in [0.3, 0.4) is 0 Å². The number of aromatic nitrogens is 4. The lowest BCUT2D eigenvalue weighted by Gasteiger charge is -2.17. The zero-order chi connectivity index (χ0) is 24.8. The van der Waals surface area contributed by atoms with Gasteiger partial charge in [-0.1, -0.05) is 36.4 Å². The summed E-state index contributed by atoms with van der Waals surface area (Å²) in [6.45, 7) is 1.84. The molecule has 6 nitrogen and oxygen atoms in total. The van der Waals surface area contributed by atoms with Gasteiger partial charge in [-0.15, -0.1) is 0 Å². The Morgan fingerprint density at radius 2 is 1.70 bits per heavy atom. The van der Waals surface area contributed by atoms with E-state index in [-0.39, 0.29) is 11.3 Å². The quantitative estimate of drug-likeness (QED) is 0.314. The molecule has 1 aliphatic carbocycles. The van der Waals surface area contributed by atoms with E-state index in [9.17, 15) is 4.79 Å². The highest BCUT2D eigenvalue weighted by atomic mass is 16.2. The number of rotatable bonds is 6. The first-order chi connectivity index (χ1) is 18.2. The number of likely N-dealkylation sites (tertiary alicyclic amines) is 1. The number of hydrogen-bond acceptors (Lipinski definition) is 4. The van der Waals surface area contributed by atoms with E-state index in [2.05, 4.69) is 74.1 Å². The highest BCUT2D eigenvalue weighted by molar-refractivity contribution is 5.80. The number of amides is 1. The highest BCUT2D eigenvalue weighted by Crippen LogP contribution is 2.53. The van der Waals surface area contributed by atoms with Crippen molar-refractivity contribution in [3.8, 4) is 11.1 Å². The monoisotopic (exact) mass is 487 g/mol. The minimum atomic E-state index is -0.0323. The summed E-state index contributed by atoms with van der Waals surface area (Å²) >= 11 is 0. The number of hydrogen-bond donors (Lipinski definition) is 0. The summed E-state index contributed by atoms with van der Waals surface area (Å²) in [5.74, 6) is 1.00. The molecule has 37 heavy (non-hydrogen) atoms. The van der Waals surface area contributed by atoms with E-state index in [1.807, 2.05) is 29.6 Å². The van der Waals surface area contributed by atoms with Gasteiger partial charge >= 0.3 is 0 Å². The number of carbonyl (C=O) groups is 1. The molecule has 3 aromatic heterocycles. The zero-order valence-electron chi connectivity index (χ0n) is 20.8. The molecule has 0 bridgehead atoms. The molecule has 0 N–H and O–H groups in total. The summed E-state index contributed by atoms with van der Waals surface area (Å²) in [6, 6.07) is 19.3. The van der Waals surface area contributed by atoms with Gasteiger partial charge in [-0.05, 0) is 67.0 Å². The second-order valence-electron chi connectivity index (χ2n) is 10.4. The first-order valence-electron chi connectivity index (χ1n) is 13.3. The van der Waals surface area contributed by atoms with Gasteiger partial charge in [-0.2, -0.15) is 0 Å². The van der Waals surface area contributed by atoms with Crippen molar-refractivity contribution < 1.29 is 4.79 Å². The van der Waals surface area contributed by atoms with Gasteiger partial charge in [-0.25, -0.2) is 9.97 Å². The van der Waals surface area contributed by atoms with Crippen LogP contribution in [0.1, 0.15) is 48.9 Å². The Morgan fingerprint density at radius 1 is 0.892 bits per heavy atom. The van der Waals surface area contributed by atoms with Crippen molar-refractivity contribution in [2.45, 2.75) is 43.9 Å². The maximum absolute atomic E-state index is 12.4. The molecule has 7 rings (SSSR count). The maximum Gasteiger partial charge on any atom is 0.233 e. The number of pyridine rings is 1. The molecule has 5 aromatic rings.